The Hall–Kier alpha value is -2.63. The van der Waals surface area contributed by atoms with Crippen molar-refractivity contribution < 1.29 is 14.7 Å². The van der Waals surface area contributed by atoms with E-state index < -0.39 is 5.97 Å². The van der Waals surface area contributed by atoms with Gasteiger partial charge in [-0.2, -0.15) is 5.10 Å². The lowest BCUT2D eigenvalue weighted by Gasteiger charge is -2.09. The molecule has 2 rings (SSSR count). The van der Waals surface area contributed by atoms with Gasteiger partial charge < -0.3 is 10.4 Å². The fraction of sp³-hybridized carbons (Fsp3) is 0.421. The van der Waals surface area contributed by atoms with Gasteiger partial charge in [0.05, 0.1) is 23.1 Å². The fourth-order valence-corrected chi connectivity index (χ4v) is 2.73. The highest BCUT2D eigenvalue weighted by Gasteiger charge is 2.15. The molecule has 134 valence electrons. The number of nitrogens with one attached hydrogen (secondary N) is 1. The van der Waals surface area contributed by atoms with Crippen molar-refractivity contribution in [1.82, 2.24) is 15.1 Å². The molecule has 0 spiro atoms. The molecule has 25 heavy (non-hydrogen) atoms. The minimum atomic E-state index is -0.755. The highest BCUT2D eigenvalue weighted by molar-refractivity contribution is 5.95. The summed E-state index contributed by atoms with van der Waals surface area (Å²) in [6, 6.07) is 7.92. The van der Waals surface area contributed by atoms with Gasteiger partial charge in [0.2, 0.25) is 0 Å². The van der Waals surface area contributed by atoms with Crippen LogP contribution in [0.2, 0.25) is 0 Å². The summed E-state index contributed by atoms with van der Waals surface area (Å²) >= 11 is 0. The van der Waals surface area contributed by atoms with Crippen LogP contribution in [-0.2, 0) is 4.79 Å². The van der Waals surface area contributed by atoms with E-state index in [2.05, 4.69) is 10.4 Å². The van der Waals surface area contributed by atoms with Crippen molar-refractivity contribution in [3.05, 3.63) is 47.3 Å². The summed E-state index contributed by atoms with van der Waals surface area (Å²) in [5, 5.41) is 15.8. The van der Waals surface area contributed by atoms with Crippen LogP contribution < -0.4 is 5.32 Å². The van der Waals surface area contributed by atoms with Crippen LogP contribution in [0.4, 0.5) is 0 Å². The van der Waals surface area contributed by atoms with Gasteiger partial charge in [0, 0.05) is 13.0 Å². The van der Waals surface area contributed by atoms with Crippen LogP contribution in [0.25, 0.3) is 5.69 Å². The lowest BCUT2D eigenvalue weighted by atomic mass is 10.1. The summed E-state index contributed by atoms with van der Waals surface area (Å²) < 4.78 is 1.79. The van der Waals surface area contributed by atoms with Gasteiger partial charge in [-0.25, -0.2) is 4.68 Å². The average Bonchev–Trinajstić information content (AvgIpc) is 2.95. The fourth-order valence-electron chi connectivity index (χ4n) is 2.73. The van der Waals surface area contributed by atoms with Gasteiger partial charge in [0.15, 0.2) is 0 Å². The van der Waals surface area contributed by atoms with Gasteiger partial charge in [-0.15, -0.1) is 0 Å². The highest BCUT2D eigenvalue weighted by atomic mass is 16.4. The molecule has 0 bridgehead atoms. The molecule has 0 atom stereocenters. The molecule has 0 saturated carbocycles. The van der Waals surface area contributed by atoms with Crippen LogP contribution in [0.3, 0.4) is 0 Å². The number of hydrogen-bond acceptors (Lipinski definition) is 3. The summed E-state index contributed by atoms with van der Waals surface area (Å²) in [6.07, 6.45) is 5.12. The van der Waals surface area contributed by atoms with Gasteiger partial charge in [-0.05, 0) is 38.3 Å². The van der Waals surface area contributed by atoms with E-state index in [0.29, 0.717) is 18.5 Å². The molecule has 6 heteroatoms. The maximum Gasteiger partial charge on any atom is 0.303 e. The zero-order valence-corrected chi connectivity index (χ0v) is 14.8. The maximum absolute atomic E-state index is 12.3. The summed E-state index contributed by atoms with van der Waals surface area (Å²) in [5.74, 6) is -0.877. The molecule has 6 nitrogen and oxygen atoms in total. The number of amides is 1. The van der Waals surface area contributed by atoms with E-state index in [9.17, 15) is 9.59 Å². The lowest BCUT2D eigenvalue weighted by molar-refractivity contribution is -0.137. The first-order valence-corrected chi connectivity index (χ1v) is 8.61. The number of carbonyl (C=O) groups is 2. The van der Waals surface area contributed by atoms with Gasteiger partial charge in [-0.3, -0.25) is 9.59 Å². The largest absolute Gasteiger partial charge is 0.481 e. The summed E-state index contributed by atoms with van der Waals surface area (Å²) in [4.78, 5) is 22.8. The molecule has 0 aliphatic heterocycles. The summed E-state index contributed by atoms with van der Waals surface area (Å²) in [6.45, 7) is 4.49. The number of hydrogen-bond donors (Lipinski definition) is 2. The molecule has 0 saturated heterocycles. The standard InChI is InChI=1S/C19H25N3O3/c1-14-9-6-7-10-17(14)22-15(2)16(13-21-22)19(25)20-12-8-4-3-5-11-18(23)24/h6-7,9-10,13H,3-5,8,11-12H2,1-2H3,(H,20,25)(H,23,24). The normalized spacial score (nSPS) is 10.6. The molecule has 0 aliphatic rings. The zero-order valence-electron chi connectivity index (χ0n) is 14.8. The summed E-state index contributed by atoms with van der Waals surface area (Å²) in [7, 11) is 0. The number of carboxylic acid groups (broad SMARTS) is 1. The van der Waals surface area contributed by atoms with E-state index in [1.165, 1.54) is 0 Å². The third kappa shape index (κ3) is 5.17. The second-order valence-electron chi connectivity index (χ2n) is 6.16. The van der Waals surface area contributed by atoms with E-state index >= 15 is 0 Å². The number of benzene rings is 1. The van der Waals surface area contributed by atoms with Gasteiger partial charge >= 0.3 is 5.97 Å². The topological polar surface area (TPSA) is 84.2 Å². The number of aliphatic carboxylic acids is 1. The maximum atomic E-state index is 12.3. The Morgan fingerprint density at radius 2 is 1.84 bits per heavy atom. The number of aromatic nitrogens is 2. The van der Waals surface area contributed by atoms with Crippen molar-refractivity contribution in [2.24, 2.45) is 0 Å². The van der Waals surface area contributed by atoms with Crippen LogP contribution in [0, 0.1) is 13.8 Å². The van der Waals surface area contributed by atoms with E-state index in [-0.39, 0.29) is 12.3 Å². The van der Waals surface area contributed by atoms with E-state index in [1.54, 1.807) is 10.9 Å². The minimum Gasteiger partial charge on any atom is -0.481 e. The van der Waals surface area contributed by atoms with Gasteiger partial charge in [-0.1, -0.05) is 31.0 Å². The number of carboxylic acids is 1. The quantitative estimate of drug-likeness (QED) is 0.685. The lowest BCUT2D eigenvalue weighted by Crippen LogP contribution is -2.24. The zero-order chi connectivity index (χ0) is 18.2. The Bertz CT molecular complexity index is 737. The van der Waals surface area contributed by atoms with Crippen molar-refractivity contribution in [3.63, 3.8) is 0 Å². The average molecular weight is 343 g/mol. The second-order valence-corrected chi connectivity index (χ2v) is 6.16. The minimum absolute atomic E-state index is 0.122. The molecule has 1 aromatic carbocycles. The van der Waals surface area contributed by atoms with Crippen molar-refractivity contribution in [1.29, 1.82) is 0 Å². The first-order chi connectivity index (χ1) is 12.0. The van der Waals surface area contributed by atoms with Gasteiger partial charge in [0.1, 0.15) is 0 Å². The Kier molecular flexibility index (Phi) is 6.74. The number of unbranched alkanes of at least 4 members (excludes halogenated alkanes) is 3. The molecule has 0 fully saturated rings. The van der Waals surface area contributed by atoms with Crippen molar-refractivity contribution in [2.75, 3.05) is 6.54 Å². The number of nitrogens with zero attached hydrogens (tertiary/aromatic N) is 2. The van der Waals surface area contributed by atoms with Crippen LogP contribution in [0.5, 0.6) is 0 Å². The smallest absolute Gasteiger partial charge is 0.303 e. The Morgan fingerprint density at radius 3 is 2.56 bits per heavy atom. The highest BCUT2D eigenvalue weighted by Crippen LogP contribution is 2.17. The third-order valence-electron chi connectivity index (χ3n) is 4.20. The van der Waals surface area contributed by atoms with Gasteiger partial charge in [0.25, 0.3) is 5.91 Å². The Morgan fingerprint density at radius 1 is 1.12 bits per heavy atom. The molecular formula is C19H25N3O3. The monoisotopic (exact) mass is 343 g/mol. The molecule has 1 heterocycles. The predicted molar refractivity (Wildman–Crippen MR) is 96.1 cm³/mol. The Labute approximate surface area is 147 Å². The molecule has 2 N–H and O–H groups in total. The van der Waals surface area contributed by atoms with Crippen LogP contribution in [-0.4, -0.2) is 33.3 Å². The van der Waals surface area contributed by atoms with Crippen molar-refractivity contribution in [2.45, 2.75) is 46.0 Å². The first-order valence-electron chi connectivity index (χ1n) is 8.61. The molecule has 0 aliphatic carbocycles. The molecule has 0 unspecified atom stereocenters. The van der Waals surface area contributed by atoms with Crippen molar-refractivity contribution >= 4 is 11.9 Å². The number of aryl methyl sites for hydroxylation is 1. The van der Waals surface area contributed by atoms with E-state index in [4.69, 9.17) is 5.11 Å². The Balaban J connectivity index is 1.85. The molecule has 1 amide bonds. The predicted octanol–water partition coefficient (Wildman–Crippen LogP) is 3.25. The molecular weight excluding hydrogens is 318 g/mol. The molecule has 2 aromatic rings. The molecule has 1 aromatic heterocycles. The van der Waals surface area contributed by atoms with E-state index in [0.717, 1.165) is 36.2 Å². The van der Waals surface area contributed by atoms with Crippen molar-refractivity contribution in [3.8, 4) is 5.69 Å². The number of rotatable bonds is 9. The third-order valence-corrected chi connectivity index (χ3v) is 4.20. The van der Waals surface area contributed by atoms with E-state index in [1.807, 2.05) is 38.1 Å². The SMILES string of the molecule is Cc1ccccc1-n1ncc(C(=O)NCCCCCCC(=O)O)c1C. The van der Waals surface area contributed by atoms with Crippen LogP contribution in [0.15, 0.2) is 30.5 Å². The first kappa shape index (κ1) is 18.7. The number of para-hydroxylation sites is 1. The van der Waals surface area contributed by atoms with Crippen LogP contribution >= 0.6 is 0 Å². The molecule has 0 radical (unpaired) electrons. The van der Waals surface area contributed by atoms with Crippen LogP contribution in [0.1, 0.15) is 53.7 Å². The second kappa shape index (κ2) is 9.01. The summed E-state index contributed by atoms with van der Waals surface area (Å²) in [5.41, 5.74) is 3.46. The number of carbonyl (C=O) groups excluding carboxylic acids is 1.